The summed E-state index contributed by atoms with van der Waals surface area (Å²) >= 11 is 0.958. The van der Waals surface area contributed by atoms with Gasteiger partial charge in [0.25, 0.3) is 5.91 Å². The van der Waals surface area contributed by atoms with E-state index in [1.165, 1.54) is 13.0 Å². The van der Waals surface area contributed by atoms with Crippen LogP contribution in [0.15, 0.2) is 83.8 Å². The van der Waals surface area contributed by atoms with Crippen molar-refractivity contribution < 1.29 is 57.2 Å². The number of benzene rings is 3. The number of hydrogen-bond donors (Lipinski definition) is 2. The van der Waals surface area contributed by atoms with Crippen molar-refractivity contribution in [2.75, 3.05) is 13.7 Å². The first kappa shape index (κ1) is 40.4. The number of esters is 4. The van der Waals surface area contributed by atoms with Gasteiger partial charge in [-0.05, 0) is 49.4 Å². The Hall–Kier alpha value is -5.41. The number of hydrogen-bond acceptors (Lipinski definition) is 13. The van der Waals surface area contributed by atoms with Gasteiger partial charge in [0.2, 0.25) is 10.8 Å². The first-order chi connectivity index (χ1) is 25.2. The SMILES string of the molecule is COC(=O)[C@]1(Sc2ccc(C)cc2)C[C@H](OC(C)=O)[C@@H](NC(C)=O)[C@H]([C@H](OC(C)=O)[C@@H](CNC(=O)c2cccc(Oc3ccccc3)c2)OC(C)=O)O1. The molecule has 1 aliphatic heterocycles. The predicted molar refractivity (Wildman–Crippen MR) is 191 cm³/mol. The van der Waals surface area contributed by atoms with Crippen LogP contribution in [-0.4, -0.2) is 84.7 Å². The lowest BCUT2D eigenvalue weighted by molar-refractivity contribution is -0.220. The zero-order valence-corrected chi connectivity index (χ0v) is 30.9. The summed E-state index contributed by atoms with van der Waals surface area (Å²) in [5.41, 5.74) is 1.15. The van der Waals surface area contributed by atoms with E-state index >= 15 is 0 Å². The summed E-state index contributed by atoms with van der Waals surface area (Å²) in [6, 6.07) is 21.2. The summed E-state index contributed by atoms with van der Waals surface area (Å²) in [6.07, 6.45) is -6.13. The summed E-state index contributed by atoms with van der Waals surface area (Å²) in [4.78, 5) is 76.1. The topological polar surface area (TPSA) is 182 Å². The van der Waals surface area contributed by atoms with Gasteiger partial charge in [-0.15, -0.1) is 0 Å². The van der Waals surface area contributed by atoms with Crippen LogP contribution < -0.4 is 15.4 Å². The lowest BCUT2D eigenvalue weighted by atomic mass is 9.89. The lowest BCUT2D eigenvalue weighted by Crippen LogP contribution is -2.68. The van der Waals surface area contributed by atoms with Gasteiger partial charge in [0, 0.05) is 44.6 Å². The number of nitrogens with one attached hydrogen (secondary N) is 2. The minimum atomic E-state index is -1.94. The molecule has 0 aromatic heterocycles. The van der Waals surface area contributed by atoms with Gasteiger partial charge >= 0.3 is 23.9 Å². The van der Waals surface area contributed by atoms with Crippen molar-refractivity contribution in [2.24, 2.45) is 0 Å². The number of rotatable bonds is 14. The molecule has 2 amide bonds. The molecule has 0 bridgehead atoms. The van der Waals surface area contributed by atoms with Crippen LogP contribution in [0.5, 0.6) is 11.5 Å². The van der Waals surface area contributed by atoms with Crippen LogP contribution in [0.4, 0.5) is 0 Å². The van der Waals surface area contributed by atoms with Crippen LogP contribution in [0, 0.1) is 6.92 Å². The number of para-hydroxylation sites is 1. The molecule has 0 aliphatic carbocycles. The second-order valence-corrected chi connectivity index (χ2v) is 13.5. The number of methoxy groups -OCH3 is 1. The Balaban J connectivity index is 1.75. The minimum absolute atomic E-state index is 0.197. The molecule has 1 saturated heterocycles. The number of carbonyl (C=O) groups is 6. The summed E-state index contributed by atoms with van der Waals surface area (Å²) in [5.74, 6) is -3.50. The molecule has 0 unspecified atom stereocenters. The van der Waals surface area contributed by atoms with Gasteiger partial charge in [-0.2, -0.15) is 0 Å². The fourth-order valence-corrected chi connectivity index (χ4v) is 6.98. The van der Waals surface area contributed by atoms with Crippen LogP contribution in [0.2, 0.25) is 0 Å². The van der Waals surface area contributed by atoms with Crippen molar-refractivity contribution in [3.05, 3.63) is 90.0 Å². The van der Waals surface area contributed by atoms with Gasteiger partial charge in [0.05, 0.1) is 19.7 Å². The molecule has 1 aliphatic rings. The van der Waals surface area contributed by atoms with E-state index < -0.39 is 77.6 Å². The minimum Gasteiger partial charge on any atom is -0.466 e. The quantitative estimate of drug-likeness (QED) is 0.176. The van der Waals surface area contributed by atoms with Gasteiger partial charge < -0.3 is 39.1 Å². The molecule has 2 N–H and O–H groups in total. The maximum atomic E-state index is 13.7. The second kappa shape index (κ2) is 18.4. The summed E-state index contributed by atoms with van der Waals surface area (Å²) in [6.45, 7) is 6.04. The van der Waals surface area contributed by atoms with E-state index in [4.69, 9.17) is 28.4 Å². The second-order valence-electron chi connectivity index (χ2n) is 12.2. The normalized spacial score (nSPS) is 20.5. The third-order valence-electron chi connectivity index (χ3n) is 7.89. The molecule has 1 fully saturated rings. The molecule has 53 heavy (non-hydrogen) atoms. The van der Waals surface area contributed by atoms with Crippen LogP contribution in [0.25, 0.3) is 0 Å². The highest BCUT2D eigenvalue weighted by atomic mass is 32.2. The van der Waals surface area contributed by atoms with Crippen LogP contribution in [0.3, 0.4) is 0 Å². The van der Waals surface area contributed by atoms with Gasteiger partial charge in [-0.25, -0.2) is 4.79 Å². The van der Waals surface area contributed by atoms with Gasteiger partial charge in [0.1, 0.15) is 23.7 Å². The average Bonchev–Trinajstić information content (AvgIpc) is 3.10. The lowest BCUT2D eigenvalue weighted by Gasteiger charge is -2.48. The highest BCUT2D eigenvalue weighted by Crippen LogP contribution is 2.46. The van der Waals surface area contributed by atoms with E-state index in [2.05, 4.69) is 10.6 Å². The molecule has 3 aromatic carbocycles. The Bertz CT molecular complexity index is 1790. The molecule has 4 rings (SSSR count). The monoisotopic (exact) mass is 750 g/mol. The number of amides is 2. The fourth-order valence-electron chi connectivity index (χ4n) is 5.75. The average molecular weight is 751 g/mol. The molecule has 0 radical (unpaired) electrons. The number of aryl methyl sites for hydroxylation is 1. The molecule has 0 saturated carbocycles. The maximum absolute atomic E-state index is 13.7. The van der Waals surface area contributed by atoms with Crippen LogP contribution >= 0.6 is 11.8 Å². The molecule has 14 nitrogen and oxygen atoms in total. The van der Waals surface area contributed by atoms with Crippen molar-refractivity contribution in [2.45, 2.75) is 81.3 Å². The van der Waals surface area contributed by atoms with Crippen molar-refractivity contribution in [3.63, 3.8) is 0 Å². The van der Waals surface area contributed by atoms with Gasteiger partial charge in [0.15, 0.2) is 12.2 Å². The summed E-state index contributed by atoms with van der Waals surface area (Å²) in [7, 11) is 1.15. The summed E-state index contributed by atoms with van der Waals surface area (Å²) in [5, 5.41) is 5.40. The zero-order chi connectivity index (χ0) is 38.7. The zero-order valence-electron chi connectivity index (χ0n) is 30.1. The molecule has 282 valence electrons. The molecule has 6 atom stereocenters. The smallest absolute Gasteiger partial charge is 0.349 e. The highest BCUT2D eigenvalue weighted by Gasteiger charge is 2.58. The molecule has 15 heteroatoms. The predicted octanol–water partition coefficient (Wildman–Crippen LogP) is 4.27. The molecular formula is C38H42N2O12S. The van der Waals surface area contributed by atoms with Crippen molar-refractivity contribution in [1.29, 1.82) is 0 Å². The van der Waals surface area contributed by atoms with E-state index in [-0.39, 0.29) is 12.0 Å². The molecule has 0 spiro atoms. The first-order valence-electron chi connectivity index (χ1n) is 16.6. The summed E-state index contributed by atoms with van der Waals surface area (Å²) < 4.78 is 34.7. The van der Waals surface area contributed by atoms with Crippen molar-refractivity contribution >= 4 is 47.5 Å². The van der Waals surface area contributed by atoms with E-state index in [1.54, 1.807) is 54.6 Å². The highest BCUT2D eigenvalue weighted by molar-refractivity contribution is 8.01. The largest absolute Gasteiger partial charge is 0.466 e. The molecule has 3 aromatic rings. The van der Waals surface area contributed by atoms with Crippen LogP contribution in [0.1, 0.15) is 50.0 Å². The van der Waals surface area contributed by atoms with Gasteiger partial charge in [-0.1, -0.05) is 53.7 Å². The van der Waals surface area contributed by atoms with E-state index in [0.717, 1.165) is 45.2 Å². The Labute approximate surface area is 311 Å². The molecular weight excluding hydrogens is 708 g/mol. The third kappa shape index (κ3) is 11.3. The maximum Gasteiger partial charge on any atom is 0.349 e. The standard InChI is InChI=1S/C38H42N2O12S/c1-22-15-17-30(18-16-22)53-38(37(46)47-6)20-31(48-24(3)42)33(40-23(2)41)35(52-38)34(50-26(5)44)32(49-25(4)43)21-39-36(45)27-11-10-14-29(19-27)51-28-12-8-7-9-13-28/h7-19,31-35H,20-21H2,1-6H3,(H,39,45)(H,40,41)/t31-,32+,33+,34+,35+,38+/m0/s1. The van der Waals surface area contributed by atoms with Crippen molar-refractivity contribution in [1.82, 2.24) is 10.6 Å². The van der Waals surface area contributed by atoms with E-state index in [1.807, 2.05) is 25.1 Å². The Morgan fingerprint density at radius 2 is 1.51 bits per heavy atom. The van der Waals surface area contributed by atoms with Crippen LogP contribution in [-0.2, 0) is 47.7 Å². The van der Waals surface area contributed by atoms with E-state index in [0.29, 0.717) is 16.4 Å². The van der Waals surface area contributed by atoms with Gasteiger partial charge in [-0.3, -0.25) is 24.0 Å². The number of ether oxygens (including phenoxy) is 6. The first-order valence-corrected chi connectivity index (χ1v) is 17.4. The number of thioether (sulfide) groups is 1. The number of carbonyl (C=O) groups excluding carboxylic acids is 6. The van der Waals surface area contributed by atoms with Crippen molar-refractivity contribution in [3.8, 4) is 11.5 Å². The molecule has 1 heterocycles. The van der Waals surface area contributed by atoms with E-state index in [9.17, 15) is 28.8 Å². The Morgan fingerprint density at radius 1 is 0.849 bits per heavy atom. The Morgan fingerprint density at radius 3 is 2.11 bits per heavy atom. The Kier molecular flexibility index (Phi) is 14.0. The fraction of sp³-hybridized carbons (Fsp3) is 0.368. The third-order valence-corrected chi connectivity index (χ3v) is 9.15.